The second-order valence-corrected chi connectivity index (χ2v) is 7.62. The van der Waals surface area contributed by atoms with Gasteiger partial charge in [0, 0.05) is 0 Å². The highest BCUT2D eigenvalue weighted by Crippen LogP contribution is 2.24. The number of nitrogens with two attached hydrogens (primary N) is 1. The van der Waals surface area contributed by atoms with Crippen molar-refractivity contribution in [3.05, 3.63) is 24.3 Å². The Kier molecular flexibility index (Phi) is 3.95. The van der Waals surface area contributed by atoms with Gasteiger partial charge in [-0.3, -0.25) is 0 Å². The van der Waals surface area contributed by atoms with Gasteiger partial charge >= 0.3 is 0 Å². The summed E-state index contributed by atoms with van der Waals surface area (Å²) in [6.07, 6.45) is 0.404. The first-order valence-corrected chi connectivity index (χ1v) is 8.16. The molecule has 96 valence electrons. The van der Waals surface area contributed by atoms with Crippen molar-refractivity contribution in [1.29, 1.82) is 0 Å². The zero-order valence-electron chi connectivity index (χ0n) is 9.62. The van der Waals surface area contributed by atoms with Crippen LogP contribution >= 0.6 is 0 Å². The normalized spacial score (nSPS) is 14.5. The molecule has 1 aromatic rings. The van der Waals surface area contributed by atoms with E-state index in [0.717, 1.165) is 0 Å². The molecule has 0 aliphatic rings. The number of sulfone groups is 1. The molecule has 0 saturated heterocycles. The highest BCUT2D eigenvalue weighted by Gasteiger charge is 2.27. The van der Waals surface area contributed by atoms with E-state index in [-0.39, 0.29) is 9.79 Å². The van der Waals surface area contributed by atoms with Crippen molar-refractivity contribution in [3.8, 4) is 0 Å². The molecule has 0 aliphatic heterocycles. The molecule has 0 bridgehead atoms. The Hall–Kier alpha value is -0.920. The monoisotopic (exact) mass is 277 g/mol. The van der Waals surface area contributed by atoms with Gasteiger partial charge in [0.25, 0.3) is 0 Å². The van der Waals surface area contributed by atoms with Crippen molar-refractivity contribution in [3.63, 3.8) is 0 Å². The lowest BCUT2D eigenvalue weighted by Gasteiger charge is -2.13. The quantitative estimate of drug-likeness (QED) is 0.884. The zero-order valence-corrected chi connectivity index (χ0v) is 11.3. The van der Waals surface area contributed by atoms with Crippen LogP contribution in [0.4, 0.5) is 0 Å². The molecule has 5 nitrogen and oxygen atoms in total. The Balaban J connectivity index is 3.54. The lowest BCUT2D eigenvalue weighted by atomic mass is 10.4. The van der Waals surface area contributed by atoms with E-state index >= 15 is 0 Å². The first-order chi connectivity index (χ1) is 7.71. The summed E-state index contributed by atoms with van der Waals surface area (Å²) < 4.78 is 46.9. The fourth-order valence-electron chi connectivity index (χ4n) is 1.36. The highest BCUT2D eigenvalue weighted by molar-refractivity contribution is 7.94. The number of primary sulfonamides is 1. The Bertz CT molecular complexity index is 605. The molecule has 0 radical (unpaired) electrons. The molecule has 0 aromatic heterocycles. The zero-order chi connectivity index (χ0) is 13.3. The SMILES string of the molecule is CCC(C)S(=O)(=O)c1ccccc1S(N)(=O)=O. The van der Waals surface area contributed by atoms with E-state index in [2.05, 4.69) is 0 Å². The summed E-state index contributed by atoms with van der Waals surface area (Å²) in [5, 5.41) is 4.36. The Morgan fingerprint density at radius 2 is 1.59 bits per heavy atom. The van der Waals surface area contributed by atoms with E-state index in [9.17, 15) is 16.8 Å². The van der Waals surface area contributed by atoms with Gasteiger partial charge in [-0.05, 0) is 25.5 Å². The minimum Gasteiger partial charge on any atom is -0.225 e. The first kappa shape index (κ1) is 14.1. The third-order valence-corrected chi connectivity index (χ3v) is 6.03. The third-order valence-electron chi connectivity index (χ3n) is 2.57. The van der Waals surface area contributed by atoms with E-state index in [1.807, 2.05) is 0 Å². The number of benzene rings is 1. The highest BCUT2D eigenvalue weighted by atomic mass is 32.2. The van der Waals surface area contributed by atoms with Crippen LogP contribution in [0.2, 0.25) is 0 Å². The summed E-state index contributed by atoms with van der Waals surface area (Å²) in [6, 6.07) is 5.38. The molecular weight excluding hydrogens is 262 g/mol. The second-order valence-electron chi connectivity index (χ2n) is 3.76. The van der Waals surface area contributed by atoms with E-state index in [4.69, 9.17) is 5.14 Å². The topological polar surface area (TPSA) is 94.3 Å². The summed E-state index contributed by atoms with van der Waals surface area (Å²) in [4.78, 5) is -0.572. The van der Waals surface area contributed by atoms with Crippen LogP contribution in [-0.4, -0.2) is 22.1 Å². The van der Waals surface area contributed by atoms with Gasteiger partial charge in [-0.15, -0.1) is 0 Å². The molecule has 0 spiro atoms. The third kappa shape index (κ3) is 2.85. The molecule has 17 heavy (non-hydrogen) atoms. The van der Waals surface area contributed by atoms with E-state index in [1.165, 1.54) is 31.2 Å². The maximum atomic E-state index is 12.1. The second kappa shape index (κ2) is 4.75. The molecule has 0 heterocycles. The molecule has 2 N–H and O–H groups in total. The van der Waals surface area contributed by atoms with E-state index < -0.39 is 25.1 Å². The minimum absolute atomic E-state index is 0.225. The average molecular weight is 277 g/mol. The molecule has 0 amide bonds. The Morgan fingerprint density at radius 3 is 2.00 bits per heavy atom. The molecule has 0 aliphatic carbocycles. The minimum atomic E-state index is -4.04. The van der Waals surface area contributed by atoms with E-state index in [0.29, 0.717) is 6.42 Å². The molecule has 1 unspecified atom stereocenters. The smallest absolute Gasteiger partial charge is 0.225 e. The maximum absolute atomic E-state index is 12.1. The summed E-state index contributed by atoms with van der Waals surface area (Å²) in [6.45, 7) is 3.26. The van der Waals surface area contributed by atoms with Gasteiger partial charge in [0.05, 0.1) is 10.1 Å². The molecule has 1 atom stereocenters. The van der Waals surface area contributed by atoms with Gasteiger partial charge in [-0.2, -0.15) is 0 Å². The lowest BCUT2D eigenvalue weighted by molar-refractivity contribution is 0.573. The Morgan fingerprint density at radius 1 is 1.12 bits per heavy atom. The fraction of sp³-hybridized carbons (Fsp3) is 0.400. The lowest BCUT2D eigenvalue weighted by Crippen LogP contribution is -2.22. The molecule has 1 rings (SSSR count). The van der Waals surface area contributed by atoms with Gasteiger partial charge in [-0.25, -0.2) is 22.0 Å². The predicted octanol–water partition coefficient (Wildman–Crippen LogP) is 0.906. The summed E-state index contributed by atoms with van der Waals surface area (Å²) in [5.41, 5.74) is 0. The molecular formula is C10H15NO4S2. The molecule has 0 saturated carbocycles. The van der Waals surface area contributed by atoms with Crippen molar-refractivity contribution in [2.45, 2.75) is 35.3 Å². The van der Waals surface area contributed by atoms with Crippen LogP contribution in [0.15, 0.2) is 34.1 Å². The van der Waals surface area contributed by atoms with Crippen LogP contribution in [0, 0.1) is 0 Å². The van der Waals surface area contributed by atoms with Gasteiger partial charge in [0.15, 0.2) is 9.84 Å². The van der Waals surface area contributed by atoms with Crippen LogP contribution in [0.3, 0.4) is 0 Å². The van der Waals surface area contributed by atoms with Crippen LogP contribution in [-0.2, 0) is 19.9 Å². The summed E-state index contributed by atoms with van der Waals surface area (Å²) in [5.74, 6) is 0. The predicted molar refractivity (Wildman–Crippen MR) is 64.8 cm³/mol. The van der Waals surface area contributed by atoms with Crippen molar-refractivity contribution in [2.75, 3.05) is 0 Å². The first-order valence-electron chi connectivity index (χ1n) is 5.07. The fourth-order valence-corrected chi connectivity index (χ4v) is 4.16. The molecule has 7 heteroatoms. The number of hydrogen-bond acceptors (Lipinski definition) is 4. The van der Waals surface area contributed by atoms with Crippen molar-refractivity contribution in [1.82, 2.24) is 0 Å². The van der Waals surface area contributed by atoms with Gasteiger partial charge in [0.1, 0.15) is 4.90 Å². The standard InChI is InChI=1S/C10H15NO4S2/c1-3-8(2)16(12,13)9-6-4-5-7-10(9)17(11,14)15/h4-8H,3H2,1-2H3,(H2,11,14,15). The van der Waals surface area contributed by atoms with Gasteiger partial charge < -0.3 is 0 Å². The number of rotatable bonds is 4. The van der Waals surface area contributed by atoms with E-state index in [1.54, 1.807) is 6.92 Å². The van der Waals surface area contributed by atoms with Crippen LogP contribution < -0.4 is 5.14 Å². The van der Waals surface area contributed by atoms with Crippen molar-refractivity contribution >= 4 is 19.9 Å². The van der Waals surface area contributed by atoms with Crippen molar-refractivity contribution in [2.24, 2.45) is 5.14 Å². The average Bonchev–Trinajstić information content (AvgIpc) is 2.26. The largest absolute Gasteiger partial charge is 0.239 e. The van der Waals surface area contributed by atoms with Crippen LogP contribution in [0.1, 0.15) is 20.3 Å². The number of hydrogen-bond donors (Lipinski definition) is 1. The number of sulfonamides is 1. The summed E-state index contributed by atoms with van der Waals surface area (Å²) in [7, 11) is -7.70. The van der Waals surface area contributed by atoms with Crippen LogP contribution in [0.25, 0.3) is 0 Å². The summed E-state index contributed by atoms with van der Waals surface area (Å²) >= 11 is 0. The van der Waals surface area contributed by atoms with Gasteiger partial charge in [-0.1, -0.05) is 19.1 Å². The van der Waals surface area contributed by atoms with Gasteiger partial charge in [0.2, 0.25) is 10.0 Å². The maximum Gasteiger partial charge on any atom is 0.239 e. The van der Waals surface area contributed by atoms with Crippen molar-refractivity contribution < 1.29 is 16.8 Å². The Labute approximate surface area is 102 Å². The molecule has 0 fully saturated rings. The van der Waals surface area contributed by atoms with Crippen LogP contribution in [0.5, 0.6) is 0 Å². The molecule has 1 aromatic carbocycles.